The van der Waals surface area contributed by atoms with Crippen molar-refractivity contribution in [2.24, 2.45) is 0 Å². The first kappa shape index (κ1) is 19.5. The lowest BCUT2D eigenvalue weighted by atomic mass is 10.0. The Bertz CT molecular complexity index is 1420. The van der Waals surface area contributed by atoms with Gasteiger partial charge in [0.15, 0.2) is 23.5 Å². The number of aromatic amines is 1. The lowest BCUT2D eigenvalue weighted by Gasteiger charge is -2.42. The van der Waals surface area contributed by atoms with E-state index in [2.05, 4.69) is 35.8 Å². The van der Waals surface area contributed by atoms with Crippen LogP contribution >= 0.6 is 11.3 Å². The molecule has 0 saturated heterocycles. The molecule has 0 spiro atoms. The smallest absolute Gasteiger partial charge is 0.249 e. The number of nitrogens with zero attached hydrogens (tertiary/aromatic N) is 8. The molecule has 6 aromatic heterocycles. The second-order valence-electron chi connectivity index (χ2n) is 7.35. The zero-order chi connectivity index (χ0) is 23.2. The summed E-state index contributed by atoms with van der Waals surface area (Å²) in [5.41, 5.74) is 1.42. The first-order valence-corrected chi connectivity index (χ1v) is 11.1. The number of hydrogen-bond acceptors (Lipinski definition) is 13. The van der Waals surface area contributed by atoms with Crippen molar-refractivity contribution in [1.82, 2.24) is 35.8 Å². The standard InChI is InChI=1S/C21H13N9O4S/c1-3-15(22-6-1)21(20-23-7-9-31-20)29(16-5-8-32-27-16)18(13-11-24-34-26-13)19(14-12-33-28-25-14)30(21)17-4-2-10-35-17/h1-12,22H. The molecule has 0 saturated carbocycles. The van der Waals surface area contributed by atoms with Gasteiger partial charge in [-0.1, -0.05) is 10.3 Å². The number of hydrogen-bond donors (Lipinski definition) is 1. The lowest BCUT2D eigenvalue weighted by Crippen LogP contribution is -2.54. The molecule has 6 aromatic rings. The van der Waals surface area contributed by atoms with Gasteiger partial charge in [0, 0.05) is 17.5 Å². The van der Waals surface area contributed by atoms with E-state index in [4.69, 9.17) is 18.1 Å². The highest BCUT2D eigenvalue weighted by atomic mass is 32.1. The van der Waals surface area contributed by atoms with Gasteiger partial charge < -0.3 is 18.4 Å². The second kappa shape index (κ2) is 7.53. The van der Waals surface area contributed by atoms with Gasteiger partial charge in [0.25, 0.3) is 0 Å². The zero-order valence-electron chi connectivity index (χ0n) is 17.5. The van der Waals surface area contributed by atoms with Gasteiger partial charge in [-0.25, -0.2) is 9.61 Å². The van der Waals surface area contributed by atoms with Gasteiger partial charge in [-0.3, -0.25) is 9.80 Å². The lowest BCUT2D eigenvalue weighted by molar-refractivity contribution is 0.305. The van der Waals surface area contributed by atoms with E-state index in [9.17, 15) is 0 Å². The topological polar surface area (TPSA) is 152 Å². The third kappa shape index (κ3) is 2.67. The summed E-state index contributed by atoms with van der Waals surface area (Å²) >= 11 is 1.52. The quantitative estimate of drug-likeness (QED) is 0.365. The second-order valence-corrected chi connectivity index (χ2v) is 8.28. The summed E-state index contributed by atoms with van der Waals surface area (Å²) in [6, 6.07) is 9.47. The monoisotopic (exact) mass is 487 g/mol. The van der Waals surface area contributed by atoms with Crippen LogP contribution in [0.5, 0.6) is 0 Å². The average Bonchev–Trinajstić information content (AvgIpc) is 3.71. The Labute approximate surface area is 199 Å². The van der Waals surface area contributed by atoms with Crippen molar-refractivity contribution in [1.29, 1.82) is 0 Å². The van der Waals surface area contributed by atoms with Crippen LogP contribution in [-0.4, -0.2) is 35.8 Å². The van der Waals surface area contributed by atoms with Gasteiger partial charge in [-0.05, 0) is 34.8 Å². The van der Waals surface area contributed by atoms with E-state index in [1.54, 1.807) is 12.3 Å². The molecule has 35 heavy (non-hydrogen) atoms. The van der Waals surface area contributed by atoms with E-state index in [1.165, 1.54) is 36.3 Å². The van der Waals surface area contributed by atoms with E-state index in [1.807, 2.05) is 45.6 Å². The number of oxazole rings is 1. The van der Waals surface area contributed by atoms with E-state index in [0.29, 0.717) is 34.5 Å². The van der Waals surface area contributed by atoms with Gasteiger partial charge in [0.2, 0.25) is 11.6 Å². The molecule has 0 amide bonds. The number of H-pyrrole nitrogens is 1. The molecule has 14 heteroatoms. The molecule has 1 aliphatic heterocycles. The third-order valence-corrected chi connectivity index (χ3v) is 6.46. The van der Waals surface area contributed by atoms with E-state index in [-0.39, 0.29) is 0 Å². The Balaban J connectivity index is 1.67. The zero-order valence-corrected chi connectivity index (χ0v) is 18.4. The highest BCUT2D eigenvalue weighted by molar-refractivity contribution is 7.14. The average molecular weight is 487 g/mol. The number of anilines is 2. The summed E-state index contributed by atoms with van der Waals surface area (Å²) < 4.78 is 21.5. The molecule has 172 valence electrons. The highest BCUT2D eigenvalue weighted by Crippen LogP contribution is 2.57. The Morgan fingerprint density at radius 1 is 0.971 bits per heavy atom. The van der Waals surface area contributed by atoms with Crippen LogP contribution in [0.1, 0.15) is 23.0 Å². The SMILES string of the molecule is c1c[nH]c(C2(c3ncco3)N(c3ccon3)C(c3cnon3)=C(c3conn3)N2c2cccs2)c1. The van der Waals surface area contributed by atoms with Gasteiger partial charge in [0.05, 0.1) is 16.9 Å². The fourth-order valence-electron chi connectivity index (χ4n) is 4.40. The maximum Gasteiger partial charge on any atom is 0.249 e. The summed E-state index contributed by atoms with van der Waals surface area (Å²) in [4.78, 5) is 11.9. The molecule has 13 nitrogen and oxygen atoms in total. The number of thiophene rings is 1. The van der Waals surface area contributed by atoms with E-state index >= 15 is 0 Å². The van der Waals surface area contributed by atoms with Crippen LogP contribution < -0.4 is 9.80 Å². The molecule has 0 radical (unpaired) electrons. The minimum absolute atomic E-state index is 0.344. The Morgan fingerprint density at radius 2 is 1.94 bits per heavy atom. The number of nitrogens with one attached hydrogen (secondary N) is 1. The molecule has 7 rings (SSSR count). The Morgan fingerprint density at radius 3 is 2.60 bits per heavy atom. The van der Waals surface area contributed by atoms with Crippen molar-refractivity contribution in [2.45, 2.75) is 5.66 Å². The number of rotatable bonds is 6. The largest absolute Gasteiger partial charge is 0.445 e. The van der Waals surface area contributed by atoms with Crippen LogP contribution in [0.15, 0.2) is 91.2 Å². The third-order valence-electron chi connectivity index (χ3n) is 5.61. The maximum absolute atomic E-state index is 6.02. The van der Waals surface area contributed by atoms with Crippen molar-refractivity contribution in [3.8, 4) is 0 Å². The van der Waals surface area contributed by atoms with Gasteiger partial charge in [-0.2, -0.15) is 0 Å². The minimum atomic E-state index is -1.27. The first-order valence-electron chi connectivity index (χ1n) is 10.3. The fourth-order valence-corrected chi connectivity index (χ4v) is 5.19. The first-order chi connectivity index (χ1) is 17.4. The molecule has 1 atom stereocenters. The Hall–Kier alpha value is -4.98. The molecule has 7 heterocycles. The maximum atomic E-state index is 6.02. The van der Waals surface area contributed by atoms with Gasteiger partial charge in [-0.15, -0.1) is 16.4 Å². The van der Waals surface area contributed by atoms with Crippen molar-refractivity contribution in [2.75, 3.05) is 9.80 Å². The molecule has 1 unspecified atom stereocenters. The molecule has 0 aromatic carbocycles. The number of aromatic nitrogens is 7. The fraction of sp³-hybridized carbons (Fsp3) is 0.0476. The van der Waals surface area contributed by atoms with Crippen molar-refractivity contribution in [3.05, 3.63) is 96.1 Å². The summed E-state index contributed by atoms with van der Waals surface area (Å²) in [5.74, 6) is 0.792. The molecule has 0 aliphatic carbocycles. The molecule has 1 aliphatic rings. The van der Waals surface area contributed by atoms with Gasteiger partial charge in [0.1, 0.15) is 30.1 Å². The van der Waals surface area contributed by atoms with Crippen LogP contribution in [-0.2, 0) is 5.66 Å². The minimum Gasteiger partial charge on any atom is -0.445 e. The molecular formula is C21H13N9O4S. The van der Waals surface area contributed by atoms with Gasteiger partial charge >= 0.3 is 0 Å². The van der Waals surface area contributed by atoms with E-state index < -0.39 is 5.66 Å². The summed E-state index contributed by atoms with van der Waals surface area (Å²) in [6.07, 6.45) is 9.35. The Kier molecular flexibility index (Phi) is 4.19. The van der Waals surface area contributed by atoms with Crippen molar-refractivity contribution >= 4 is 33.5 Å². The predicted octanol–water partition coefficient (Wildman–Crippen LogP) is 3.57. The van der Waals surface area contributed by atoms with Crippen LogP contribution in [0, 0.1) is 0 Å². The van der Waals surface area contributed by atoms with Crippen LogP contribution in [0.2, 0.25) is 0 Å². The van der Waals surface area contributed by atoms with E-state index in [0.717, 1.165) is 10.7 Å². The van der Waals surface area contributed by atoms with Crippen molar-refractivity contribution < 1.29 is 18.1 Å². The predicted molar refractivity (Wildman–Crippen MR) is 119 cm³/mol. The molecule has 1 N–H and O–H groups in total. The molecule has 0 bridgehead atoms. The summed E-state index contributed by atoms with van der Waals surface area (Å²) in [7, 11) is 0. The molecule has 0 fully saturated rings. The summed E-state index contributed by atoms with van der Waals surface area (Å²) in [6.45, 7) is 0. The molecular weight excluding hydrogens is 474 g/mol. The highest BCUT2D eigenvalue weighted by Gasteiger charge is 2.61. The normalized spacial score (nSPS) is 18.2. The van der Waals surface area contributed by atoms with Crippen LogP contribution in [0.4, 0.5) is 10.8 Å². The van der Waals surface area contributed by atoms with Crippen molar-refractivity contribution in [3.63, 3.8) is 0 Å². The summed E-state index contributed by atoms with van der Waals surface area (Å²) in [5, 5.41) is 23.1. The van der Waals surface area contributed by atoms with Crippen LogP contribution in [0.3, 0.4) is 0 Å². The van der Waals surface area contributed by atoms with Crippen LogP contribution in [0.25, 0.3) is 11.4 Å².